The van der Waals surface area contributed by atoms with Crippen LogP contribution in [-0.4, -0.2) is 42.2 Å². The summed E-state index contributed by atoms with van der Waals surface area (Å²) >= 11 is 1.79. The van der Waals surface area contributed by atoms with E-state index in [1.54, 1.807) is 16.7 Å². The van der Waals surface area contributed by atoms with E-state index < -0.39 is 0 Å². The third-order valence-electron chi connectivity index (χ3n) is 4.63. The van der Waals surface area contributed by atoms with Gasteiger partial charge >= 0.3 is 0 Å². The molecule has 0 saturated carbocycles. The van der Waals surface area contributed by atoms with Crippen molar-refractivity contribution in [3.8, 4) is 0 Å². The standard InChI is InChI=1S/C17H24N2OS/c1-13-5-7-15(8-6-13)17-19(16(20)14(2)21-17)12-11-18-9-3-4-10-18/h5-8,14,17H,3-4,9-12H2,1-2H3/p+1/t14-,17-/m0/s1. The van der Waals surface area contributed by atoms with Gasteiger partial charge < -0.3 is 9.80 Å². The third-order valence-corrected chi connectivity index (χ3v) is 6.02. The van der Waals surface area contributed by atoms with Gasteiger partial charge in [0.25, 0.3) is 0 Å². The summed E-state index contributed by atoms with van der Waals surface area (Å²) in [4.78, 5) is 16.2. The number of nitrogens with zero attached hydrogens (tertiary/aromatic N) is 1. The zero-order valence-corrected chi connectivity index (χ0v) is 13.8. The summed E-state index contributed by atoms with van der Waals surface area (Å²) in [6, 6.07) is 8.64. The molecular weight excluding hydrogens is 280 g/mol. The Labute approximate surface area is 131 Å². The van der Waals surface area contributed by atoms with Crippen LogP contribution >= 0.6 is 11.8 Å². The minimum Gasteiger partial charge on any atom is -0.333 e. The molecule has 0 bridgehead atoms. The summed E-state index contributed by atoms with van der Waals surface area (Å²) in [5.74, 6) is 0.309. The van der Waals surface area contributed by atoms with Crippen molar-refractivity contribution in [1.29, 1.82) is 0 Å². The number of likely N-dealkylation sites (tertiary alicyclic amines) is 1. The first-order chi connectivity index (χ1) is 10.1. The molecule has 2 atom stereocenters. The molecular formula is C17H25N2OS+. The molecule has 1 aromatic rings. The maximum absolute atomic E-state index is 12.5. The largest absolute Gasteiger partial charge is 0.333 e. The van der Waals surface area contributed by atoms with Gasteiger partial charge in [0.05, 0.1) is 31.4 Å². The molecule has 0 aromatic heterocycles. The SMILES string of the molecule is Cc1ccc([C@@H]2S[C@@H](C)C(=O)N2CC[NH+]2CCCC2)cc1. The van der Waals surface area contributed by atoms with E-state index in [4.69, 9.17) is 0 Å². The summed E-state index contributed by atoms with van der Waals surface area (Å²) < 4.78 is 0. The lowest BCUT2D eigenvalue weighted by molar-refractivity contribution is -0.886. The zero-order chi connectivity index (χ0) is 14.8. The molecule has 1 aromatic carbocycles. The number of quaternary nitrogens is 1. The van der Waals surface area contributed by atoms with Gasteiger partial charge in [0.15, 0.2) is 0 Å². The molecule has 0 radical (unpaired) electrons. The van der Waals surface area contributed by atoms with Gasteiger partial charge in [-0.05, 0) is 19.4 Å². The number of carbonyl (C=O) groups is 1. The lowest BCUT2D eigenvalue weighted by Gasteiger charge is -2.25. The molecule has 3 nitrogen and oxygen atoms in total. The summed E-state index contributed by atoms with van der Waals surface area (Å²) in [5.41, 5.74) is 2.54. The maximum atomic E-state index is 12.5. The first-order valence-electron chi connectivity index (χ1n) is 8.01. The van der Waals surface area contributed by atoms with Crippen molar-refractivity contribution >= 4 is 17.7 Å². The average molecular weight is 305 g/mol. The van der Waals surface area contributed by atoms with Gasteiger partial charge in [0.1, 0.15) is 5.37 Å². The smallest absolute Gasteiger partial charge is 0.236 e. The highest BCUT2D eigenvalue weighted by Crippen LogP contribution is 2.42. The van der Waals surface area contributed by atoms with Crippen LogP contribution in [0.15, 0.2) is 24.3 Å². The van der Waals surface area contributed by atoms with Gasteiger partial charge in [-0.1, -0.05) is 29.8 Å². The molecule has 2 aliphatic heterocycles. The summed E-state index contributed by atoms with van der Waals surface area (Å²) in [6.45, 7) is 8.69. The fraction of sp³-hybridized carbons (Fsp3) is 0.588. The lowest BCUT2D eigenvalue weighted by Crippen LogP contribution is -3.10. The lowest BCUT2D eigenvalue weighted by atomic mass is 10.1. The monoisotopic (exact) mass is 305 g/mol. The number of hydrogen-bond acceptors (Lipinski definition) is 2. The average Bonchev–Trinajstić information content (AvgIpc) is 3.08. The Balaban J connectivity index is 1.71. The van der Waals surface area contributed by atoms with Crippen LogP contribution in [0.5, 0.6) is 0 Å². The Hall–Kier alpha value is -1.00. The number of hydrogen-bond donors (Lipinski definition) is 1. The number of carbonyl (C=O) groups excluding carboxylic acids is 1. The number of aryl methyl sites for hydroxylation is 1. The maximum Gasteiger partial charge on any atom is 0.236 e. The predicted molar refractivity (Wildman–Crippen MR) is 87.5 cm³/mol. The van der Waals surface area contributed by atoms with Crippen molar-refractivity contribution in [3.63, 3.8) is 0 Å². The first kappa shape index (κ1) is 14.9. The van der Waals surface area contributed by atoms with Crippen LogP contribution in [0.25, 0.3) is 0 Å². The van der Waals surface area contributed by atoms with Gasteiger partial charge in [-0.15, -0.1) is 11.8 Å². The van der Waals surface area contributed by atoms with Crippen molar-refractivity contribution < 1.29 is 9.69 Å². The van der Waals surface area contributed by atoms with Crippen molar-refractivity contribution in [3.05, 3.63) is 35.4 Å². The second-order valence-corrected chi connectivity index (χ2v) is 7.71. The van der Waals surface area contributed by atoms with Crippen LogP contribution < -0.4 is 4.90 Å². The van der Waals surface area contributed by atoms with Crippen LogP contribution in [0.1, 0.15) is 36.3 Å². The van der Waals surface area contributed by atoms with Crippen LogP contribution in [0.4, 0.5) is 0 Å². The van der Waals surface area contributed by atoms with Crippen LogP contribution in [-0.2, 0) is 4.79 Å². The van der Waals surface area contributed by atoms with Crippen molar-refractivity contribution in [2.24, 2.45) is 0 Å². The normalized spacial score (nSPS) is 26.8. The minimum absolute atomic E-state index is 0.0879. The second-order valence-electron chi connectivity index (χ2n) is 6.28. The van der Waals surface area contributed by atoms with Crippen molar-refractivity contribution in [1.82, 2.24) is 4.90 Å². The van der Waals surface area contributed by atoms with Crippen molar-refractivity contribution in [2.75, 3.05) is 26.2 Å². The fourth-order valence-electron chi connectivity index (χ4n) is 3.29. The van der Waals surface area contributed by atoms with Crippen molar-refractivity contribution in [2.45, 2.75) is 37.3 Å². The zero-order valence-electron chi connectivity index (χ0n) is 13.0. The third kappa shape index (κ3) is 3.27. The Morgan fingerprint density at radius 1 is 1.24 bits per heavy atom. The van der Waals surface area contributed by atoms with Crippen LogP contribution in [0.3, 0.4) is 0 Å². The number of amides is 1. The number of benzene rings is 1. The van der Waals surface area contributed by atoms with Gasteiger partial charge in [0, 0.05) is 12.8 Å². The molecule has 3 rings (SSSR count). The summed E-state index contributed by atoms with van der Waals surface area (Å²) in [7, 11) is 0. The van der Waals surface area contributed by atoms with E-state index in [-0.39, 0.29) is 10.6 Å². The Morgan fingerprint density at radius 3 is 2.57 bits per heavy atom. The molecule has 1 amide bonds. The van der Waals surface area contributed by atoms with E-state index in [1.165, 1.54) is 37.1 Å². The second kappa shape index (κ2) is 6.41. The molecule has 0 unspecified atom stereocenters. The minimum atomic E-state index is 0.0879. The Morgan fingerprint density at radius 2 is 1.90 bits per heavy atom. The van der Waals surface area contributed by atoms with Gasteiger partial charge in [0.2, 0.25) is 5.91 Å². The topological polar surface area (TPSA) is 24.8 Å². The molecule has 0 aliphatic carbocycles. The molecule has 0 spiro atoms. The fourth-order valence-corrected chi connectivity index (χ4v) is 4.60. The highest BCUT2D eigenvalue weighted by atomic mass is 32.2. The predicted octanol–water partition coefficient (Wildman–Crippen LogP) is 1.64. The first-order valence-corrected chi connectivity index (χ1v) is 8.95. The van der Waals surface area contributed by atoms with E-state index in [1.807, 2.05) is 6.92 Å². The quantitative estimate of drug-likeness (QED) is 0.915. The molecule has 2 aliphatic rings. The summed E-state index contributed by atoms with van der Waals surface area (Å²) in [6.07, 6.45) is 2.69. The number of thioether (sulfide) groups is 1. The van der Waals surface area contributed by atoms with E-state index in [0.29, 0.717) is 5.91 Å². The highest BCUT2D eigenvalue weighted by molar-refractivity contribution is 8.01. The molecule has 1 N–H and O–H groups in total. The molecule has 2 fully saturated rings. The van der Waals surface area contributed by atoms with E-state index in [9.17, 15) is 4.79 Å². The molecule has 2 saturated heterocycles. The highest BCUT2D eigenvalue weighted by Gasteiger charge is 2.38. The van der Waals surface area contributed by atoms with E-state index in [2.05, 4.69) is 36.1 Å². The molecule has 21 heavy (non-hydrogen) atoms. The van der Waals surface area contributed by atoms with Gasteiger partial charge in [-0.3, -0.25) is 4.79 Å². The Bertz CT molecular complexity index is 496. The Kier molecular flexibility index (Phi) is 4.55. The van der Waals surface area contributed by atoms with Crippen LogP contribution in [0, 0.1) is 6.92 Å². The van der Waals surface area contributed by atoms with E-state index >= 15 is 0 Å². The molecule has 114 valence electrons. The van der Waals surface area contributed by atoms with Gasteiger partial charge in [-0.2, -0.15) is 0 Å². The molecule has 4 heteroatoms. The number of nitrogens with one attached hydrogen (secondary N) is 1. The number of rotatable bonds is 4. The van der Waals surface area contributed by atoms with E-state index in [0.717, 1.165) is 13.1 Å². The molecule has 2 heterocycles. The van der Waals surface area contributed by atoms with Crippen LogP contribution in [0.2, 0.25) is 0 Å². The van der Waals surface area contributed by atoms with Gasteiger partial charge in [-0.25, -0.2) is 0 Å². The summed E-state index contributed by atoms with van der Waals surface area (Å²) in [5, 5.41) is 0.292.